The summed E-state index contributed by atoms with van der Waals surface area (Å²) in [5.41, 5.74) is 5.01. The number of hydrogen-bond donors (Lipinski definition) is 1. The van der Waals surface area contributed by atoms with E-state index in [0.717, 1.165) is 52.8 Å². The molecule has 2 heterocycles. The molecule has 3 aliphatic rings. The molecule has 1 aromatic carbocycles. The van der Waals surface area contributed by atoms with Crippen molar-refractivity contribution in [2.75, 3.05) is 0 Å². The number of ketones is 1. The van der Waals surface area contributed by atoms with Gasteiger partial charge in [0.15, 0.2) is 0 Å². The standard InChI is InChI=1S/C19H18N2O2/c1-3-5-12-10(4-2)6-13-16-14-9-20-8-11(14)7-15(22)18(16)21-17(13)19(12)23/h7-9,22H,3-6H2,1-2H3. The predicted octanol–water partition coefficient (Wildman–Crippen LogP) is 2.28. The van der Waals surface area contributed by atoms with E-state index in [1.54, 1.807) is 18.5 Å². The topological polar surface area (TPSA) is 62.0 Å². The van der Waals surface area contributed by atoms with Crippen LogP contribution in [0, 0.1) is 0 Å². The number of aliphatic imine (C=N–C) groups is 2. The number of phenolic OH excluding ortho intramolecular Hbond substituents is 1. The quantitative estimate of drug-likeness (QED) is 0.931. The summed E-state index contributed by atoms with van der Waals surface area (Å²) >= 11 is 0. The molecule has 23 heavy (non-hydrogen) atoms. The van der Waals surface area contributed by atoms with E-state index >= 15 is 0 Å². The number of benzene rings is 1. The number of allylic oxidation sites excluding steroid dienone is 2. The van der Waals surface area contributed by atoms with E-state index in [4.69, 9.17) is 0 Å². The monoisotopic (exact) mass is 306 g/mol. The lowest BCUT2D eigenvalue weighted by Gasteiger charge is -2.20. The maximum absolute atomic E-state index is 12.9. The van der Waals surface area contributed by atoms with Gasteiger partial charge in [-0.1, -0.05) is 25.8 Å². The Morgan fingerprint density at radius 3 is 2.87 bits per heavy atom. The average molecular weight is 306 g/mol. The van der Waals surface area contributed by atoms with Crippen molar-refractivity contribution in [1.29, 1.82) is 0 Å². The summed E-state index contributed by atoms with van der Waals surface area (Å²) in [6.45, 7) is 4.18. The van der Waals surface area contributed by atoms with Crippen LogP contribution < -0.4 is 10.4 Å². The fourth-order valence-corrected chi connectivity index (χ4v) is 3.71. The van der Waals surface area contributed by atoms with Crippen LogP contribution in [0.25, 0.3) is 11.8 Å². The van der Waals surface area contributed by atoms with Crippen molar-refractivity contribution in [3.8, 4) is 5.75 Å². The molecule has 0 saturated carbocycles. The number of Topliss-reactive ketones (excluding diaryl/α,β-unsaturated/α-hetero) is 1. The van der Waals surface area contributed by atoms with Crippen LogP contribution in [0.1, 0.15) is 45.1 Å². The van der Waals surface area contributed by atoms with Gasteiger partial charge in [-0.15, -0.1) is 0 Å². The molecule has 1 N–H and O–H groups in total. The normalized spacial score (nSPS) is 17.9. The maximum Gasteiger partial charge on any atom is 0.207 e. The third-order valence-corrected chi connectivity index (χ3v) is 4.81. The van der Waals surface area contributed by atoms with Crippen LogP contribution in [0.15, 0.2) is 27.2 Å². The molecule has 116 valence electrons. The Bertz CT molecular complexity index is 962. The summed E-state index contributed by atoms with van der Waals surface area (Å²) < 4.78 is 0. The molecule has 4 nitrogen and oxygen atoms in total. The summed E-state index contributed by atoms with van der Waals surface area (Å²) in [6.07, 6.45) is 6.88. The Hall–Kier alpha value is -2.49. The van der Waals surface area contributed by atoms with Crippen molar-refractivity contribution in [3.05, 3.63) is 33.2 Å². The van der Waals surface area contributed by atoms with Crippen molar-refractivity contribution in [2.45, 2.75) is 39.5 Å². The lowest BCUT2D eigenvalue weighted by Crippen LogP contribution is -2.32. The van der Waals surface area contributed by atoms with Gasteiger partial charge < -0.3 is 5.11 Å². The van der Waals surface area contributed by atoms with Crippen LogP contribution in [0.5, 0.6) is 5.75 Å². The molecule has 0 atom stereocenters. The molecule has 1 aromatic rings. The Morgan fingerprint density at radius 1 is 1.30 bits per heavy atom. The van der Waals surface area contributed by atoms with Gasteiger partial charge in [-0.25, -0.2) is 4.99 Å². The second-order valence-corrected chi connectivity index (χ2v) is 6.16. The zero-order valence-electron chi connectivity index (χ0n) is 13.3. The Balaban J connectivity index is 2.02. The summed E-state index contributed by atoms with van der Waals surface area (Å²) in [4.78, 5) is 21.6. The summed E-state index contributed by atoms with van der Waals surface area (Å²) in [5.74, 6) is 0.158. The lowest BCUT2D eigenvalue weighted by atomic mass is 9.82. The predicted molar refractivity (Wildman–Crippen MR) is 91.8 cm³/mol. The molecule has 4 heteroatoms. The van der Waals surface area contributed by atoms with Gasteiger partial charge in [0.05, 0.1) is 0 Å². The van der Waals surface area contributed by atoms with Crippen molar-refractivity contribution in [1.82, 2.24) is 0 Å². The third-order valence-electron chi connectivity index (χ3n) is 4.81. The van der Waals surface area contributed by atoms with Crippen molar-refractivity contribution >= 4 is 35.2 Å². The molecule has 4 rings (SSSR count). The minimum absolute atomic E-state index is 0.0354. The smallest absolute Gasteiger partial charge is 0.207 e. The summed E-state index contributed by atoms with van der Waals surface area (Å²) in [5, 5.41) is 12.2. The number of carbonyl (C=O) groups excluding carboxylic acids is 1. The van der Waals surface area contributed by atoms with Gasteiger partial charge in [-0.3, -0.25) is 9.79 Å². The van der Waals surface area contributed by atoms with Crippen LogP contribution in [-0.2, 0) is 4.79 Å². The van der Waals surface area contributed by atoms with Crippen molar-refractivity contribution in [3.63, 3.8) is 0 Å². The molecular weight excluding hydrogens is 288 g/mol. The Morgan fingerprint density at radius 2 is 2.13 bits per heavy atom. The van der Waals surface area contributed by atoms with E-state index in [-0.39, 0.29) is 11.5 Å². The number of rotatable bonds is 3. The Labute approximate surface area is 134 Å². The first-order valence-corrected chi connectivity index (χ1v) is 8.12. The van der Waals surface area contributed by atoms with Gasteiger partial charge in [0.1, 0.15) is 17.1 Å². The highest BCUT2D eigenvalue weighted by molar-refractivity contribution is 6.61. The van der Waals surface area contributed by atoms with E-state index in [1.165, 1.54) is 5.57 Å². The zero-order valence-corrected chi connectivity index (χ0v) is 13.3. The fourth-order valence-electron chi connectivity index (χ4n) is 3.71. The first-order valence-electron chi connectivity index (χ1n) is 8.12. The van der Waals surface area contributed by atoms with Crippen LogP contribution in [0.3, 0.4) is 0 Å². The second kappa shape index (κ2) is 5.01. The number of aromatic hydroxyl groups is 1. The van der Waals surface area contributed by atoms with Gasteiger partial charge in [-0.2, -0.15) is 0 Å². The number of fused-ring (bicyclic) bond motifs is 4. The maximum atomic E-state index is 12.9. The van der Waals surface area contributed by atoms with E-state index < -0.39 is 0 Å². The number of carbonyl (C=O) groups is 1. The van der Waals surface area contributed by atoms with Crippen molar-refractivity contribution < 1.29 is 9.90 Å². The van der Waals surface area contributed by atoms with Crippen LogP contribution in [-0.4, -0.2) is 22.8 Å². The molecule has 0 unspecified atom stereocenters. The molecule has 0 saturated heterocycles. The highest BCUT2D eigenvalue weighted by atomic mass is 16.3. The summed E-state index contributed by atoms with van der Waals surface area (Å²) in [6, 6.07) is 1.68. The number of nitrogens with zero attached hydrogens (tertiary/aromatic N) is 2. The average Bonchev–Trinajstić information content (AvgIpc) is 3.14. The first-order chi connectivity index (χ1) is 11.2. The van der Waals surface area contributed by atoms with E-state index in [1.807, 2.05) is 0 Å². The van der Waals surface area contributed by atoms with E-state index in [2.05, 4.69) is 23.8 Å². The van der Waals surface area contributed by atoms with Gasteiger partial charge in [0, 0.05) is 34.0 Å². The SMILES string of the molecule is CCCC1=C(CC)CC2=c3c(c(O)cc4c3=CN=C4)N=C2C1=O. The fraction of sp³-hybridized carbons (Fsp3) is 0.316. The molecule has 0 radical (unpaired) electrons. The lowest BCUT2D eigenvalue weighted by molar-refractivity contribution is -0.109. The molecule has 0 fully saturated rings. The molecule has 0 aromatic heterocycles. The van der Waals surface area contributed by atoms with Gasteiger partial charge >= 0.3 is 0 Å². The minimum atomic E-state index is 0.0354. The van der Waals surface area contributed by atoms with Crippen molar-refractivity contribution in [2.24, 2.45) is 9.98 Å². The van der Waals surface area contributed by atoms with Gasteiger partial charge in [-0.05, 0) is 30.9 Å². The number of phenols is 1. The van der Waals surface area contributed by atoms with Gasteiger partial charge in [0.25, 0.3) is 0 Å². The largest absolute Gasteiger partial charge is 0.506 e. The van der Waals surface area contributed by atoms with E-state index in [9.17, 15) is 9.90 Å². The third kappa shape index (κ3) is 1.87. The summed E-state index contributed by atoms with van der Waals surface area (Å²) in [7, 11) is 0. The van der Waals surface area contributed by atoms with Crippen LogP contribution in [0.4, 0.5) is 5.69 Å². The second-order valence-electron chi connectivity index (χ2n) is 6.16. The Kier molecular flexibility index (Phi) is 3.08. The highest BCUT2D eigenvalue weighted by Gasteiger charge is 2.33. The molecular formula is C19H18N2O2. The van der Waals surface area contributed by atoms with Crippen LogP contribution in [0.2, 0.25) is 0 Å². The zero-order chi connectivity index (χ0) is 16.1. The first kappa shape index (κ1) is 14.1. The van der Waals surface area contributed by atoms with Crippen LogP contribution >= 0.6 is 0 Å². The highest BCUT2D eigenvalue weighted by Crippen LogP contribution is 2.36. The minimum Gasteiger partial charge on any atom is -0.506 e. The molecule has 2 aliphatic heterocycles. The number of hydrogen-bond acceptors (Lipinski definition) is 4. The molecule has 0 amide bonds. The molecule has 0 bridgehead atoms. The van der Waals surface area contributed by atoms with Gasteiger partial charge in [0.2, 0.25) is 5.78 Å². The molecule has 0 spiro atoms. The van der Waals surface area contributed by atoms with E-state index in [0.29, 0.717) is 11.4 Å². The molecule has 1 aliphatic carbocycles.